The van der Waals surface area contributed by atoms with Crippen LogP contribution in [0.4, 0.5) is 4.79 Å². The van der Waals surface area contributed by atoms with Crippen molar-refractivity contribution in [2.75, 3.05) is 20.3 Å². The lowest BCUT2D eigenvalue weighted by Gasteiger charge is -2.13. The van der Waals surface area contributed by atoms with Gasteiger partial charge in [-0.05, 0) is 78.9 Å². The highest BCUT2D eigenvalue weighted by Crippen LogP contribution is 2.34. The number of amides is 2. The lowest BCUT2D eigenvalue weighted by molar-refractivity contribution is -0.123. The average Bonchev–Trinajstić information content (AvgIpc) is 3.13. The molecular weight excluding hydrogens is 502 g/mol. The molecule has 3 aromatic carbocycles. The molecule has 1 aliphatic heterocycles. The summed E-state index contributed by atoms with van der Waals surface area (Å²) in [5.74, 6) is 0.242. The highest BCUT2D eigenvalue weighted by molar-refractivity contribution is 8.18. The number of imide groups is 1. The molecule has 1 fully saturated rings. The van der Waals surface area contributed by atoms with E-state index in [-0.39, 0.29) is 29.0 Å². The predicted molar refractivity (Wildman–Crippen MR) is 139 cm³/mol. The quantitative estimate of drug-likeness (QED) is 0.204. The number of carbonyl (C=O) groups is 3. The third kappa shape index (κ3) is 6.08. The molecule has 0 radical (unpaired) electrons. The van der Waals surface area contributed by atoms with Gasteiger partial charge in [0.1, 0.15) is 12.4 Å². The molecule has 3 aromatic rings. The van der Waals surface area contributed by atoms with Crippen LogP contribution in [0.15, 0.2) is 71.6 Å². The van der Waals surface area contributed by atoms with E-state index in [4.69, 9.17) is 25.8 Å². The van der Waals surface area contributed by atoms with Crippen molar-refractivity contribution in [3.8, 4) is 17.2 Å². The van der Waals surface area contributed by atoms with Crippen molar-refractivity contribution in [1.29, 1.82) is 0 Å². The second-order valence-electron chi connectivity index (χ2n) is 7.80. The van der Waals surface area contributed by atoms with Crippen molar-refractivity contribution < 1.29 is 28.6 Å². The molecule has 0 aliphatic carbocycles. The number of hydrogen-bond acceptors (Lipinski definition) is 7. The van der Waals surface area contributed by atoms with Gasteiger partial charge in [0.25, 0.3) is 11.1 Å². The van der Waals surface area contributed by atoms with Gasteiger partial charge in [-0.1, -0.05) is 35.4 Å². The van der Waals surface area contributed by atoms with Gasteiger partial charge in [-0.2, -0.15) is 0 Å². The van der Waals surface area contributed by atoms with Gasteiger partial charge >= 0.3 is 5.97 Å². The number of carbonyl (C=O) groups excluding carboxylic acids is 3. The molecule has 0 aromatic heterocycles. The molecule has 0 unspecified atom stereocenters. The third-order valence-electron chi connectivity index (χ3n) is 5.25. The molecule has 0 saturated carbocycles. The molecule has 1 heterocycles. The van der Waals surface area contributed by atoms with Gasteiger partial charge in [-0.15, -0.1) is 0 Å². The molecule has 4 rings (SSSR count). The highest BCUT2D eigenvalue weighted by Gasteiger charge is 2.34. The number of hydrogen-bond donors (Lipinski definition) is 0. The van der Waals surface area contributed by atoms with Gasteiger partial charge < -0.3 is 14.2 Å². The summed E-state index contributed by atoms with van der Waals surface area (Å²) < 4.78 is 16.5. The van der Waals surface area contributed by atoms with E-state index in [1.807, 2.05) is 19.1 Å². The molecular formula is C27H22ClNO6S. The summed E-state index contributed by atoms with van der Waals surface area (Å²) in [7, 11) is 1.46. The Morgan fingerprint density at radius 1 is 1.00 bits per heavy atom. The fraction of sp³-hybridized carbons (Fsp3) is 0.148. The Labute approximate surface area is 217 Å². The normalized spacial score (nSPS) is 14.3. The van der Waals surface area contributed by atoms with E-state index in [2.05, 4.69) is 0 Å². The number of thioether (sulfide) groups is 1. The zero-order chi connectivity index (χ0) is 25.7. The van der Waals surface area contributed by atoms with E-state index in [9.17, 15) is 14.4 Å². The number of nitrogens with zero attached hydrogens (tertiary/aromatic N) is 1. The third-order valence-corrected chi connectivity index (χ3v) is 6.41. The van der Waals surface area contributed by atoms with E-state index >= 15 is 0 Å². The first-order valence-electron chi connectivity index (χ1n) is 10.9. The van der Waals surface area contributed by atoms with Crippen LogP contribution in [-0.4, -0.2) is 42.3 Å². The Kier molecular flexibility index (Phi) is 7.97. The van der Waals surface area contributed by atoms with Crippen LogP contribution < -0.4 is 14.2 Å². The Morgan fingerprint density at radius 3 is 2.42 bits per heavy atom. The molecule has 9 heteroatoms. The minimum atomic E-state index is -0.511. The summed E-state index contributed by atoms with van der Waals surface area (Å²) in [6.07, 6.45) is 1.60. The van der Waals surface area contributed by atoms with Crippen molar-refractivity contribution in [1.82, 2.24) is 4.90 Å². The van der Waals surface area contributed by atoms with Crippen LogP contribution >= 0.6 is 23.4 Å². The fourth-order valence-electron chi connectivity index (χ4n) is 3.34. The van der Waals surface area contributed by atoms with Gasteiger partial charge in [0, 0.05) is 5.02 Å². The number of methoxy groups -OCH3 is 1. The average molecular weight is 524 g/mol. The first-order valence-corrected chi connectivity index (χ1v) is 12.1. The predicted octanol–water partition coefficient (Wildman–Crippen LogP) is 5.99. The van der Waals surface area contributed by atoms with E-state index in [0.29, 0.717) is 27.6 Å². The highest BCUT2D eigenvalue weighted by atomic mass is 35.5. The van der Waals surface area contributed by atoms with Crippen LogP contribution in [-0.2, 0) is 4.79 Å². The lowest BCUT2D eigenvalue weighted by Crippen LogP contribution is -2.32. The van der Waals surface area contributed by atoms with E-state index in [1.165, 1.54) is 7.11 Å². The summed E-state index contributed by atoms with van der Waals surface area (Å²) >= 11 is 6.71. The molecule has 184 valence electrons. The second kappa shape index (κ2) is 11.3. The number of rotatable bonds is 8. The number of benzene rings is 3. The van der Waals surface area contributed by atoms with Crippen LogP contribution in [0.5, 0.6) is 17.2 Å². The summed E-state index contributed by atoms with van der Waals surface area (Å²) in [6.45, 7) is 2.20. The second-order valence-corrected chi connectivity index (χ2v) is 9.23. The van der Waals surface area contributed by atoms with E-state index in [0.717, 1.165) is 22.2 Å². The van der Waals surface area contributed by atoms with Gasteiger partial charge in [0.15, 0.2) is 11.5 Å². The molecule has 1 aliphatic rings. The number of halogens is 1. The topological polar surface area (TPSA) is 82.1 Å². The standard InChI is InChI=1S/C27H22ClNO6S/c1-17-3-6-19(7-4-17)26(31)35-22-12-5-18(15-23(22)33-2)16-24-25(30)29(27(32)36-24)13-14-34-21-10-8-20(28)9-11-21/h3-12,15-16H,13-14H2,1-2H3/b24-16-. The Hall–Kier alpha value is -3.75. The maximum atomic E-state index is 12.8. The largest absolute Gasteiger partial charge is 0.493 e. The van der Waals surface area contributed by atoms with E-state index in [1.54, 1.807) is 60.7 Å². The molecule has 0 N–H and O–H groups in total. The number of aryl methyl sites for hydroxylation is 1. The van der Waals surface area contributed by atoms with Crippen molar-refractivity contribution >= 4 is 46.6 Å². The number of ether oxygens (including phenoxy) is 3. The summed E-state index contributed by atoms with van der Waals surface area (Å²) in [5, 5.41) is 0.217. The van der Waals surface area contributed by atoms with Crippen molar-refractivity contribution in [3.63, 3.8) is 0 Å². The zero-order valence-electron chi connectivity index (χ0n) is 19.5. The molecule has 0 atom stereocenters. The molecule has 2 amide bonds. The van der Waals surface area contributed by atoms with Crippen LogP contribution in [0.3, 0.4) is 0 Å². The van der Waals surface area contributed by atoms with Crippen molar-refractivity contribution in [2.24, 2.45) is 0 Å². The minimum absolute atomic E-state index is 0.113. The SMILES string of the molecule is COc1cc(/C=C2\SC(=O)N(CCOc3ccc(Cl)cc3)C2=O)ccc1OC(=O)c1ccc(C)cc1. The first kappa shape index (κ1) is 25.3. The van der Waals surface area contributed by atoms with Crippen LogP contribution in [0.25, 0.3) is 6.08 Å². The minimum Gasteiger partial charge on any atom is -0.493 e. The van der Waals surface area contributed by atoms with Gasteiger partial charge in [-0.3, -0.25) is 14.5 Å². The summed E-state index contributed by atoms with van der Waals surface area (Å²) in [6, 6.07) is 18.8. The molecule has 7 nitrogen and oxygen atoms in total. The van der Waals surface area contributed by atoms with Gasteiger partial charge in [0.05, 0.1) is 24.1 Å². The Morgan fingerprint density at radius 2 is 1.72 bits per heavy atom. The van der Waals surface area contributed by atoms with Crippen LogP contribution in [0, 0.1) is 6.92 Å². The van der Waals surface area contributed by atoms with Crippen molar-refractivity contribution in [2.45, 2.75) is 6.92 Å². The summed E-state index contributed by atoms with van der Waals surface area (Å²) in [5.41, 5.74) is 2.07. The summed E-state index contributed by atoms with van der Waals surface area (Å²) in [4.78, 5) is 39.1. The van der Waals surface area contributed by atoms with Gasteiger partial charge in [-0.25, -0.2) is 4.79 Å². The van der Waals surface area contributed by atoms with Gasteiger partial charge in [0.2, 0.25) is 0 Å². The zero-order valence-corrected chi connectivity index (χ0v) is 21.1. The fourth-order valence-corrected chi connectivity index (χ4v) is 4.33. The molecule has 0 spiro atoms. The first-order chi connectivity index (χ1) is 17.3. The Bertz CT molecular complexity index is 1320. The Balaban J connectivity index is 1.41. The smallest absolute Gasteiger partial charge is 0.343 e. The van der Waals surface area contributed by atoms with E-state index < -0.39 is 11.9 Å². The van der Waals surface area contributed by atoms with Crippen LogP contribution in [0.1, 0.15) is 21.5 Å². The molecule has 1 saturated heterocycles. The maximum Gasteiger partial charge on any atom is 0.343 e. The monoisotopic (exact) mass is 523 g/mol. The van der Waals surface area contributed by atoms with Crippen molar-refractivity contribution in [3.05, 3.63) is 93.3 Å². The lowest BCUT2D eigenvalue weighted by atomic mass is 10.1. The number of esters is 1. The molecule has 36 heavy (non-hydrogen) atoms. The van der Waals surface area contributed by atoms with Crippen LogP contribution in [0.2, 0.25) is 5.02 Å². The maximum absolute atomic E-state index is 12.8. The molecule has 0 bridgehead atoms.